The Hall–Kier alpha value is -3.76. The fraction of sp³-hybridized carbons (Fsp3) is 0.182. The van der Waals surface area contributed by atoms with Gasteiger partial charge in [0.05, 0.1) is 29.6 Å². The van der Waals surface area contributed by atoms with Gasteiger partial charge in [-0.1, -0.05) is 6.07 Å². The van der Waals surface area contributed by atoms with Gasteiger partial charge in [0.15, 0.2) is 0 Å². The van der Waals surface area contributed by atoms with Crippen molar-refractivity contribution in [2.45, 2.75) is 25.2 Å². The number of halogens is 6. The quantitative estimate of drug-likeness (QED) is 0.338. The predicted molar refractivity (Wildman–Crippen MR) is 110 cm³/mol. The van der Waals surface area contributed by atoms with Crippen molar-refractivity contribution < 1.29 is 31.1 Å². The van der Waals surface area contributed by atoms with E-state index in [4.69, 9.17) is 0 Å². The number of H-pyrrole nitrogens is 1. The molecule has 0 spiro atoms. The Morgan fingerprint density at radius 2 is 1.73 bits per heavy atom. The van der Waals surface area contributed by atoms with Crippen molar-refractivity contribution >= 4 is 22.5 Å². The molecular weight excluding hydrogens is 450 g/mol. The number of alkyl halides is 6. The van der Waals surface area contributed by atoms with Crippen LogP contribution in [0.15, 0.2) is 61.1 Å². The van der Waals surface area contributed by atoms with Gasteiger partial charge in [0, 0.05) is 35.3 Å². The lowest BCUT2D eigenvalue weighted by Gasteiger charge is -2.07. The topological polar surface area (TPSA) is 62.7 Å². The summed E-state index contributed by atoms with van der Waals surface area (Å²) in [5.41, 5.74) is 2.04. The molecule has 0 fully saturated rings. The average molecular weight is 466 g/mol. The summed E-state index contributed by atoms with van der Waals surface area (Å²) in [6.45, 7) is 0. The molecule has 0 aliphatic heterocycles. The number of hydrogen-bond acceptors (Lipinski definition) is 2. The van der Waals surface area contributed by atoms with Crippen molar-refractivity contribution in [1.29, 1.82) is 0 Å². The van der Waals surface area contributed by atoms with Crippen LogP contribution in [0.3, 0.4) is 0 Å². The van der Waals surface area contributed by atoms with Gasteiger partial charge in [0.25, 0.3) is 0 Å². The number of nitrogens with zero attached hydrogens (tertiary/aromatic N) is 2. The van der Waals surface area contributed by atoms with Crippen molar-refractivity contribution in [2.75, 3.05) is 5.32 Å². The Bertz CT molecular complexity index is 1280. The second-order valence-electron chi connectivity index (χ2n) is 7.34. The highest BCUT2D eigenvalue weighted by molar-refractivity contribution is 6.02. The van der Waals surface area contributed by atoms with Gasteiger partial charge in [-0.3, -0.25) is 4.79 Å². The molecule has 4 rings (SSSR count). The van der Waals surface area contributed by atoms with Gasteiger partial charge < -0.3 is 10.3 Å². The van der Waals surface area contributed by atoms with E-state index in [1.807, 2.05) is 0 Å². The Kier molecular flexibility index (Phi) is 5.64. The molecule has 11 heteroatoms. The highest BCUT2D eigenvalue weighted by Gasteiger charge is 2.30. The minimum absolute atomic E-state index is 0.342. The van der Waals surface area contributed by atoms with E-state index in [1.54, 1.807) is 24.4 Å². The van der Waals surface area contributed by atoms with Crippen LogP contribution in [0, 0.1) is 0 Å². The molecule has 172 valence electrons. The molecule has 0 unspecified atom stereocenters. The van der Waals surface area contributed by atoms with E-state index >= 15 is 0 Å². The van der Waals surface area contributed by atoms with Gasteiger partial charge in [-0.05, 0) is 42.0 Å². The van der Waals surface area contributed by atoms with Crippen LogP contribution in [-0.4, -0.2) is 26.8 Å². The van der Waals surface area contributed by atoms with E-state index in [0.717, 1.165) is 12.1 Å². The molecule has 0 saturated carbocycles. The maximum absolute atomic E-state index is 12.8. The minimum atomic E-state index is -4.43. The fourth-order valence-electron chi connectivity index (χ4n) is 3.29. The van der Waals surface area contributed by atoms with Crippen LogP contribution in [0.2, 0.25) is 0 Å². The third kappa shape index (κ3) is 5.18. The summed E-state index contributed by atoms with van der Waals surface area (Å²) in [5, 5.41) is 7.27. The molecule has 4 aromatic rings. The summed E-state index contributed by atoms with van der Waals surface area (Å²) in [6.07, 6.45) is -6.08. The number of benzene rings is 2. The number of carbonyl (C=O) groups excluding carboxylic acids is 1. The molecule has 0 bridgehead atoms. The number of aromatic nitrogens is 3. The first-order valence-corrected chi connectivity index (χ1v) is 9.70. The first kappa shape index (κ1) is 22.4. The summed E-state index contributed by atoms with van der Waals surface area (Å²) in [5.74, 6) is -0.756. The van der Waals surface area contributed by atoms with Crippen molar-refractivity contribution in [1.82, 2.24) is 14.8 Å². The van der Waals surface area contributed by atoms with Gasteiger partial charge in [-0.2, -0.15) is 31.4 Å². The molecule has 0 aliphatic rings. The van der Waals surface area contributed by atoms with Crippen LogP contribution in [0.25, 0.3) is 27.7 Å². The van der Waals surface area contributed by atoms with Crippen molar-refractivity contribution in [3.8, 4) is 16.8 Å². The van der Waals surface area contributed by atoms with E-state index < -0.39 is 36.7 Å². The minimum Gasteiger partial charge on any atom is -0.359 e. The van der Waals surface area contributed by atoms with Crippen LogP contribution in [0.4, 0.5) is 32.0 Å². The SMILES string of the molecule is O=C(CCC(F)(F)F)Nc1c[nH]c2ccc(-c3cnn(-c4ccc(C(F)(F)F)cc4)c3)cc12. The molecule has 0 aliphatic carbocycles. The number of fused-ring (bicyclic) bond motifs is 1. The van der Waals surface area contributed by atoms with Gasteiger partial charge in [0.1, 0.15) is 0 Å². The maximum atomic E-state index is 12.8. The lowest BCUT2D eigenvalue weighted by Crippen LogP contribution is -2.16. The number of hydrogen-bond donors (Lipinski definition) is 2. The summed E-state index contributed by atoms with van der Waals surface area (Å²) < 4.78 is 76.7. The molecule has 2 heterocycles. The van der Waals surface area contributed by atoms with E-state index in [0.29, 0.717) is 33.4 Å². The Morgan fingerprint density at radius 3 is 2.39 bits per heavy atom. The summed E-state index contributed by atoms with van der Waals surface area (Å²) in [4.78, 5) is 14.8. The standard InChI is InChI=1S/C22H16F6N4O/c23-21(24,25)8-7-20(33)31-19-11-29-18-6-1-13(9-17(18)19)14-10-30-32(12-14)16-4-2-15(3-5-16)22(26,27)28/h1-6,9-12,29H,7-8H2,(H,31,33). The van der Waals surface area contributed by atoms with E-state index in [9.17, 15) is 31.1 Å². The Balaban J connectivity index is 1.55. The second kappa shape index (κ2) is 8.30. The monoisotopic (exact) mass is 466 g/mol. The zero-order chi connectivity index (χ0) is 23.8. The first-order valence-electron chi connectivity index (χ1n) is 9.70. The summed E-state index contributed by atoms with van der Waals surface area (Å²) in [6, 6.07) is 9.81. The average Bonchev–Trinajstić information content (AvgIpc) is 3.39. The van der Waals surface area contributed by atoms with Gasteiger partial charge in [0.2, 0.25) is 5.91 Å². The number of amides is 1. The largest absolute Gasteiger partial charge is 0.416 e. The van der Waals surface area contributed by atoms with E-state index in [2.05, 4.69) is 15.4 Å². The molecule has 5 nitrogen and oxygen atoms in total. The lowest BCUT2D eigenvalue weighted by atomic mass is 10.1. The van der Waals surface area contributed by atoms with Crippen LogP contribution < -0.4 is 5.32 Å². The maximum Gasteiger partial charge on any atom is 0.416 e. The molecule has 2 N–H and O–H groups in total. The number of nitrogens with one attached hydrogen (secondary N) is 2. The summed E-state index contributed by atoms with van der Waals surface area (Å²) >= 11 is 0. The zero-order valence-corrected chi connectivity index (χ0v) is 16.8. The first-order chi connectivity index (χ1) is 15.5. The Morgan fingerprint density at radius 1 is 1.00 bits per heavy atom. The highest BCUT2D eigenvalue weighted by Crippen LogP contribution is 2.31. The molecule has 0 radical (unpaired) electrons. The van der Waals surface area contributed by atoms with Crippen molar-refractivity contribution in [3.05, 3.63) is 66.6 Å². The lowest BCUT2D eigenvalue weighted by molar-refractivity contribution is -0.142. The van der Waals surface area contributed by atoms with E-state index in [1.165, 1.54) is 29.2 Å². The van der Waals surface area contributed by atoms with Crippen LogP contribution in [0.5, 0.6) is 0 Å². The number of anilines is 1. The number of aromatic amines is 1. The Labute approximate surface area is 183 Å². The number of carbonyl (C=O) groups is 1. The number of rotatable bonds is 5. The smallest absolute Gasteiger partial charge is 0.359 e. The van der Waals surface area contributed by atoms with Crippen molar-refractivity contribution in [3.63, 3.8) is 0 Å². The van der Waals surface area contributed by atoms with Gasteiger partial charge in [-0.25, -0.2) is 4.68 Å². The molecule has 33 heavy (non-hydrogen) atoms. The second-order valence-corrected chi connectivity index (χ2v) is 7.34. The summed E-state index contributed by atoms with van der Waals surface area (Å²) in [7, 11) is 0. The normalized spacial score (nSPS) is 12.3. The molecular formula is C22H16F6N4O. The van der Waals surface area contributed by atoms with Crippen molar-refractivity contribution in [2.24, 2.45) is 0 Å². The molecule has 1 amide bonds. The van der Waals surface area contributed by atoms with E-state index in [-0.39, 0.29) is 0 Å². The molecule has 0 atom stereocenters. The molecule has 0 saturated heterocycles. The van der Waals surface area contributed by atoms with Gasteiger partial charge >= 0.3 is 12.4 Å². The molecule has 2 aromatic carbocycles. The zero-order valence-electron chi connectivity index (χ0n) is 16.8. The fourth-order valence-corrected chi connectivity index (χ4v) is 3.29. The van der Waals surface area contributed by atoms with Crippen LogP contribution >= 0.6 is 0 Å². The predicted octanol–water partition coefficient (Wildman–Crippen LogP) is 6.32. The van der Waals surface area contributed by atoms with Crippen LogP contribution in [0.1, 0.15) is 18.4 Å². The molecule has 2 aromatic heterocycles. The third-order valence-corrected chi connectivity index (χ3v) is 4.97. The highest BCUT2D eigenvalue weighted by atomic mass is 19.4. The van der Waals surface area contributed by atoms with Gasteiger partial charge in [-0.15, -0.1) is 0 Å². The van der Waals surface area contributed by atoms with Crippen LogP contribution in [-0.2, 0) is 11.0 Å². The third-order valence-electron chi connectivity index (χ3n) is 4.97.